The van der Waals surface area contributed by atoms with Crippen LogP contribution in [0.1, 0.15) is 44.9 Å². The van der Waals surface area contributed by atoms with Crippen LogP contribution < -0.4 is 5.32 Å². The predicted molar refractivity (Wildman–Crippen MR) is 74.3 cm³/mol. The van der Waals surface area contributed by atoms with Gasteiger partial charge in [0.25, 0.3) is 0 Å². The van der Waals surface area contributed by atoms with Gasteiger partial charge in [-0.3, -0.25) is 4.79 Å². The van der Waals surface area contributed by atoms with Gasteiger partial charge in [-0.15, -0.1) is 0 Å². The van der Waals surface area contributed by atoms with Gasteiger partial charge in [0, 0.05) is 19.1 Å². The van der Waals surface area contributed by atoms with Gasteiger partial charge in [-0.05, 0) is 56.3 Å². The van der Waals surface area contributed by atoms with Crippen LogP contribution >= 0.6 is 0 Å². The number of nitrogens with zero attached hydrogens (tertiary/aromatic N) is 1. The highest BCUT2D eigenvalue weighted by Gasteiger charge is 2.41. The summed E-state index contributed by atoms with van der Waals surface area (Å²) < 4.78 is 0. The molecular formula is C15H24N2O3. The number of carboxylic acid groups (broad SMARTS) is 1. The largest absolute Gasteiger partial charge is 0.481 e. The molecule has 2 N–H and O–H groups in total. The monoisotopic (exact) mass is 280 g/mol. The topological polar surface area (TPSA) is 69.6 Å². The Morgan fingerprint density at radius 1 is 1.10 bits per heavy atom. The first-order chi connectivity index (χ1) is 9.65. The van der Waals surface area contributed by atoms with E-state index in [9.17, 15) is 9.59 Å². The SMILES string of the molecule is O=C(O)CCN(C(=O)NCC(C1CC1)C1CC1)C1CC1. The Kier molecular flexibility index (Phi) is 3.85. The molecule has 3 fully saturated rings. The first-order valence-electron chi connectivity index (χ1n) is 7.91. The zero-order valence-electron chi connectivity index (χ0n) is 11.9. The van der Waals surface area contributed by atoms with Gasteiger partial charge < -0.3 is 15.3 Å². The Hall–Kier alpha value is -1.26. The van der Waals surface area contributed by atoms with Crippen LogP contribution in [-0.4, -0.2) is 41.1 Å². The van der Waals surface area contributed by atoms with E-state index in [0.717, 1.165) is 31.2 Å². The first-order valence-corrected chi connectivity index (χ1v) is 7.91. The summed E-state index contributed by atoms with van der Waals surface area (Å²) in [5.74, 6) is 1.49. The molecule has 0 aliphatic heterocycles. The van der Waals surface area contributed by atoms with E-state index in [0.29, 0.717) is 12.5 Å². The summed E-state index contributed by atoms with van der Waals surface area (Å²) in [6, 6.07) is 0.217. The number of rotatable bonds is 8. The van der Waals surface area contributed by atoms with Crippen LogP contribution in [0.3, 0.4) is 0 Å². The Labute approximate surface area is 119 Å². The van der Waals surface area contributed by atoms with Crippen molar-refractivity contribution in [2.24, 2.45) is 17.8 Å². The lowest BCUT2D eigenvalue weighted by Gasteiger charge is -2.24. The molecule has 0 aromatic carbocycles. The lowest BCUT2D eigenvalue weighted by Crippen LogP contribution is -2.44. The lowest BCUT2D eigenvalue weighted by atomic mass is 9.98. The summed E-state index contributed by atoms with van der Waals surface area (Å²) in [5.41, 5.74) is 0. The van der Waals surface area contributed by atoms with Gasteiger partial charge in [-0.1, -0.05) is 0 Å². The maximum absolute atomic E-state index is 12.2. The maximum Gasteiger partial charge on any atom is 0.317 e. The summed E-state index contributed by atoms with van der Waals surface area (Å²) in [6.45, 7) is 1.12. The Morgan fingerprint density at radius 2 is 1.70 bits per heavy atom. The van der Waals surface area contributed by atoms with Crippen LogP contribution in [0.2, 0.25) is 0 Å². The molecule has 0 bridgehead atoms. The van der Waals surface area contributed by atoms with Crippen molar-refractivity contribution < 1.29 is 14.7 Å². The molecule has 0 aromatic rings. The van der Waals surface area contributed by atoms with E-state index in [-0.39, 0.29) is 18.5 Å². The number of carbonyl (C=O) groups is 2. The van der Waals surface area contributed by atoms with E-state index in [1.807, 2.05) is 0 Å². The normalized spacial score (nSPS) is 21.9. The summed E-state index contributed by atoms with van der Waals surface area (Å²) >= 11 is 0. The molecule has 0 spiro atoms. The minimum Gasteiger partial charge on any atom is -0.481 e. The number of amides is 2. The molecule has 0 unspecified atom stereocenters. The van der Waals surface area contributed by atoms with Crippen molar-refractivity contribution in [3.05, 3.63) is 0 Å². The molecule has 112 valence electrons. The van der Waals surface area contributed by atoms with Crippen LogP contribution in [0.15, 0.2) is 0 Å². The number of urea groups is 1. The predicted octanol–water partition coefficient (Wildman–Crippen LogP) is 2.07. The Morgan fingerprint density at radius 3 is 2.15 bits per heavy atom. The molecule has 5 nitrogen and oxygen atoms in total. The standard InChI is InChI=1S/C15H24N2O3/c18-14(19)7-8-17(12-5-6-12)15(20)16-9-13(10-1-2-10)11-3-4-11/h10-13H,1-9H2,(H,16,20)(H,18,19). The zero-order valence-corrected chi connectivity index (χ0v) is 11.9. The molecule has 0 radical (unpaired) electrons. The van der Waals surface area contributed by atoms with Crippen molar-refractivity contribution >= 4 is 12.0 Å². The van der Waals surface area contributed by atoms with Crippen LogP contribution in [-0.2, 0) is 4.79 Å². The van der Waals surface area contributed by atoms with Gasteiger partial charge in [0.2, 0.25) is 0 Å². The highest BCUT2D eigenvalue weighted by Crippen LogP contribution is 2.48. The highest BCUT2D eigenvalue weighted by molar-refractivity contribution is 5.76. The average Bonchev–Trinajstić information content (AvgIpc) is 3.27. The second kappa shape index (κ2) is 5.62. The Balaban J connectivity index is 1.46. The fraction of sp³-hybridized carbons (Fsp3) is 0.867. The molecule has 0 heterocycles. The maximum atomic E-state index is 12.2. The molecule has 3 saturated carbocycles. The highest BCUT2D eigenvalue weighted by atomic mass is 16.4. The van der Waals surface area contributed by atoms with Crippen LogP contribution in [0.25, 0.3) is 0 Å². The fourth-order valence-corrected chi connectivity index (χ4v) is 3.13. The molecule has 3 aliphatic rings. The van der Waals surface area contributed by atoms with E-state index in [2.05, 4.69) is 5.32 Å². The van der Waals surface area contributed by atoms with Gasteiger partial charge >= 0.3 is 12.0 Å². The number of aliphatic carboxylic acids is 1. The zero-order chi connectivity index (χ0) is 14.1. The summed E-state index contributed by atoms with van der Waals surface area (Å²) in [4.78, 5) is 24.6. The molecular weight excluding hydrogens is 256 g/mol. The average molecular weight is 280 g/mol. The van der Waals surface area contributed by atoms with Crippen LogP contribution in [0, 0.1) is 17.8 Å². The number of hydrogen-bond acceptors (Lipinski definition) is 2. The van der Waals surface area contributed by atoms with Crippen molar-refractivity contribution in [1.82, 2.24) is 10.2 Å². The van der Waals surface area contributed by atoms with Crippen molar-refractivity contribution in [2.45, 2.75) is 51.0 Å². The Bertz CT molecular complexity index is 375. The molecule has 0 saturated heterocycles. The fourth-order valence-electron chi connectivity index (χ4n) is 3.13. The first kappa shape index (κ1) is 13.7. The van der Waals surface area contributed by atoms with Gasteiger partial charge in [-0.25, -0.2) is 4.79 Å². The number of nitrogens with one attached hydrogen (secondary N) is 1. The lowest BCUT2D eigenvalue weighted by molar-refractivity contribution is -0.137. The smallest absolute Gasteiger partial charge is 0.317 e. The second-order valence-electron chi connectivity index (χ2n) is 6.59. The molecule has 2 amide bonds. The van der Waals surface area contributed by atoms with E-state index in [1.165, 1.54) is 25.7 Å². The molecule has 5 heteroatoms. The van der Waals surface area contributed by atoms with Crippen molar-refractivity contribution in [1.29, 1.82) is 0 Å². The van der Waals surface area contributed by atoms with Crippen molar-refractivity contribution in [2.75, 3.05) is 13.1 Å². The molecule has 3 rings (SSSR count). The van der Waals surface area contributed by atoms with E-state index in [1.54, 1.807) is 4.90 Å². The summed E-state index contributed by atoms with van der Waals surface area (Å²) in [7, 11) is 0. The van der Waals surface area contributed by atoms with E-state index in [4.69, 9.17) is 5.11 Å². The second-order valence-corrected chi connectivity index (χ2v) is 6.59. The number of carboxylic acids is 1. The third-order valence-corrected chi connectivity index (χ3v) is 4.76. The van der Waals surface area contributed by atoms with Crippen LogP contribution in [0.5, 0.6) is 0 Å². The van der Waals surface area contributed by atoms with Gasteiger partial charge in [0.1, 0.15) is 0 Å². The van der Waals surface area contributed by atoms with E-state index < -0.39 is 5.97 Å². The molecule has 3 aliphatic carbocycles. The summed E-state index contributed by atoms with van der Waals surface area (Å²) in [6.07, 6.45) is 7.36. The molecule has 0 aromatic heterocycles. The summed E-state index contributed by atoms with van der Waals surface area (Å²) in [5, 5.41) is 11.8. The van der Waals surface area contributed by atoms with Crippen molar-refractivity contribution in [3.63, 3.8) is 0 Å². The quantitative estimate of drug-likeness (QED) is 0.715. The van der Waals surface area contributed by atoms with Crippen molar-refractivity contribution in [3.8, 4) is 0 Å². The third-order valence-electron chi connectivity index (χ3n) is 4.76. The van der Waals surface area contributed by atoms with Gasteiger partial charge in [0.15, 0.2) is 0 Å². The number of carbonyl (C=O) groups excluding carboxylic acids is 1. The van der Waals surface area contributed by atoms with Gasteiger partial charge in [0.05, 0.1) is 6.42 Å². The number of hydrogen-bond donors (Lipinski definition) is 2. The van der Waals surface area contributed by atoms with Crippen LogP contribution in [0.4, 0.5) is 4.79 Å². The molecule has 0 atom stereocenters. The van der Waals surface area contributed by atoms with E-state index >= 15 is 0 Å². The third kappa shape index (κ3) is 3.64. The molecule has 20 heavy (non-hydrogen) atoms. The minimum atomic E-state index is -0.836. The van der Waals surface area contributed by atoms with Gasteiger partial charge in [-0.2, -0.15) is 0 Å². The minimum absolute atomic E-state index is 0.0403.